The zero-order valence-corrected chi connectivity index (χ0v) is 34.3. The van der Waals surface area contributed by atoms with Gasteiger partial charge in [0.1, 0.15) is 36.1 Å². The van der Waals surface area contributed by atoms with Gasteiger partial charge in [-0.3, -0.25) is 14.4 Å². The Labute approximate surface area is 345 Å². The predicted molar refractivity (Wildman–Crippen MR) is 219 cm³/mol. The van der Waals surface area contributed by atoms with E-state index in [9.17, 15) is 24.3 Å². The van der Waals surface area contributed by atoms with Crippen LogP contribution in [0.1, 0.15) is 77.1 Å². The number of nitrogens with one attached hydrogen (secondary N) is 4. The van der Waals surface area contributed by atoms with E-state index in [0.717, 1.165) is 36.1 Å². The Morgan fingerprint density at radius 1 is 0.867 bits per heavy atom. The van der Waals surface area contributed by atoms with E-state index in [1.807, 2.05) is 62.6 Å². The Bertz CT molecular complexity index is 2450. The number of aliphatic hydroxyl groups excluding tert-OH is 1. The SMILES string of the molecule is COC(=O)N[C@H](C(=O)N1CCC[C@H]1c1ncc(-c2ccc3c(c2)OCn2c-3c(F)c3cc(-c4cnc([C@@H]5CCCN5C(=O)[C@@H](NC(=O)CO)C(C)C)[nH]4)ccc32)[nH]1)C(C)C. The number of amides is 4. The molecular weight excluding hydrogens is 774 g/mol. The summed E-state index contributed by atoms with van der Waals surface area (Å²) in [7, 11) is 1.27. The van der Waals surface area contributed by atoms with Gasteiger partial charge in [-0.05, 0) is 61.8 Å². The topological polar surface area (TPSA) is 200 Å². The maximum Gasteiger partial charge on any atom is 0.407 e. The van der Waals surface area contributed by atoms with Crippen molar-refractivity contribution in [3.05, 3.63) is 66.3 Å². The summed E-state index contributed by atoms with van der Waals surface area (Å²) >= 11 is 0. The molecule has 0 unspecified atom stereocenters. The van der Waals surface area contributed by atoms with Crippen LogP contribution in [0.15, 0.2) is 48.8 Å². The molecule has 2 saturated heterocycles. The van der Waals surface area contributed by atoms with Crippen molar-refractivity contribution >= 4 is 34.7 Å². The van der Waals surface area contributed by atoms with E-state index in [-0.39, 0.29) is 48.3 Å². The van der Waals surface area contributed by atoms with Gasteiger partial charge < -0.3 is 49.5 Å². The van der Waals surface area contributed by atoms with E-state index in [4.69, 9.17) is 9.47 Å². The maximum atomic E-state index is 16.6. The van der Waals surface area contributed by atoms with Crippen molar-refractivity contribution in [2.45, 2.75) is 84.3 Å². The lowest BCUT2D eigenvalue weighted by Gasteiger charge is -2.30. The highest BCUT2D eigenvalue weighted by atomic mass is 19.1. The van der Waals surface area contributed by atoms with Crippen LogP contribution < -0.4 is 15.4 Å². The van der Waals surface area contributed by atoms with Gasteiger partial charge >= 0.3 is 6.09 Å². The molecule has 4 amide bonds. The fraction of sp³-hybridized carbons (Fsp3) is 0.442. The molecule has 2 aromatic carbocycles. The van der Waals surface area contributed by atoms with E-state index in [1.165, 1.54) is 7.11 Å². The third-order valence-electron chi connectivity index (χ3n) is 11.9. The number of nitrogens with zero attached hydrogens (tertiary/aromatic N) is 5. The third-order valence-corrected chi connectivity index (χ3v) is 11.9. The van der Waals surface area contributed by atoms with E-state index < -0.39 is 30.7 Å². The van der Waals surface area contributed by atoms with Gasteiger partial charge in [0.2, 0.25) is 17.7 Å². The quantitative estimate of drug-likeness (QED) is 0.115. The number of likely N-dealkylation sites (tertiary alicyclic amines) is 2. The Balaban J connectivity index is 1.01. The number of methoxy groups -OCH3 is 1. The molecule has 6 heterocycles. The summed E-state index contributed by atoms with van der Waals surface area (Å²) in [6.45, 7) is 7.90. The minimum absolute atomic E-state index is 0.103. The molecule has 8 rings (SSSR count). The van der Waals surface area contributed by atoms with Gasteiger partial charge in [0.25, 0.3) is 0 Å². The maximum absolute atomic E-state index is 16.6. The molecule has 4 atom stereocenters. The number of H-pyrrole nitrogens is 2. The molecule has 316 valence electrons. The van der Waals surface area contributed by atoms with Crippen molar-refractivity contribution in [2.75, 3.05) is 26.8 Å². The summed E-state index contributed by atoms with van der Waals surface area (Å²) in [6.07, 6.45) is 5.72. The number of aromatic nitrogens is 5. The van der Waals surface area contributed by atoms with Crippen molar-refractivity contribution < 1.29 is 38.1 Å². The minimum Gasteiger partial charge on any atom is -0.472 e. The van der Waals surface area contributed by atoms with Crippen LogP contribution in [-0.4, -0.2) is 102 Å². The number of halogens is 1. The van der Waals surface area contributed by atoms with Crippen LogP contribution in [0.4, 0.5) is 9.18 Å². The first kappa shape index (κ1) is 40.5. The number of imidazole rings is 2. The summed E-state index contributed by atoms with van der Waals surface area (Å²) in [5, 5.41) is 15.0. The number of ether oxygens (including phenoxy) is 2. The molecule has 3 aliphatic heterocycles. The highest BCUT2D eigenvalue weighted by molar-refractivity contribution is 5.93. The van der Waals surface area contributed by atoms with Crippen molar-refractivity contribution in [3.8, 4) is 39.5 Å². The van der Waals surface area contributed by atoms with Gasteiger partial charge in [0, 0.05) is 35.2 Å². The molecule has 0 spiro atoms. The number of rotatable bonds is 11. The van der Waals surface area contributed by atoms with Gasteiger partial charge in [0.15, 0.2) is 12.5 Å². The first-order valence-electron chi connectivity index (χ1n) is 20.4. The molecule has 3 aliphatic rings. The summed E-state index contributed by atoms with van der Waals surface area (Å²) < 4.78 is 29.4. The highest BCUT2D eigenvalue weighted by Gasteiger charge is 2.39. The van der Waals surface area contributed by atoms with Crippen LogP contribution in [0.3, 0.4) is 0 Å². The fourth-order valence-electron chi connectivity index (χ4n) is 8.74. The lowest BCUT2D eigenvalue weighted by molar-refractivity contribution is -0.139. The molecule has 5 aromatic rings. The van der Waals surface area contributed by atoms with Crippen LogP contribution in [0.25, 0.3) is 44.7 Å². The molecule has 0 radical (unpaired) electrons. The van der Waals surface area contributed by atoms with E-state index >= 15 is 4.39 Å². The highest BCUT2D eigenvalue weighted by Crippen LogP contribution is 2.44. The molecule has 16 nitrogen and oxygen atoms in total. The van der Waals surface area contributed by atoms with Gasteiger partial charge in [-0.1, -0.05) is 39.8 Å². The van der Waals surface area contributed by atoms with E-state index in [0.29, 0.717) is 64.8 Å². The number of aromatic amines is 2. The first-order chi connectivity index (χ1) is 28.9. The molecule has 17 heteroatoms. The molecule has 3 aromatic heterocycles. The molecule has 2 fully saturated rings. The molecule has 0 bridgehead atoms. The Morgan fingerprint density at radius 2 is 1.43 bits per heavy atom. The summed E-state index contributed by atoms with van der Waals surface area (Å²) in [4.78, 5) is 70.8. The van der Waals surface area contributed by atoms with Crippen LogP contribution in [0.2, 0.25) is 0 Å². The van der Waals surface area contributed by atoms with Crippen LogP contribution in [0.5, 0.6) is 5.75 Å². The number of fused-ring (bicyclic) bond motifs is 5. The average molecular weight is 824 g/mol. The van der Waals surface area contributed by atoms with Crippen molar-refractivity contribution in [1.82, 2.24) is 44.9 Å². The van der Waals surface area contributed by atoms with Crippen LogP contribution in [0, 0.1) is 17.7 Å². The van der Waals surface area contributed by atoms with Crippen molar-refractivity contribution in [1.29, 1.82) is 0 Å². The number of hydrogen-bond donors (Lipinski definition) is 5. The zero-order chi connectivity index (χ0) is 42.4. The Kier molecular flexibility index (Phi) is 11.1. The number of benzene rings is 2. The first-order valence-corrected chi connectivity index (χ1v) is 20.4. The van der Waals surface area contributed by atoms with Crippen molar-refractivity contribution in [3.63, 3.8) is 0 Å². The molecule has 0 saturated carbocycles. The average Bonchev–Trinajstić information content (AvgIpc) is 4.11. The number of carbonyl (C=O) groups is 4. The number of aliphatic hydroxyl groups is 1. The number of hydrogen-bond acceptors (Lipinski definition) is 9. The van der Waals surface area contributed by atoms with E-state index in [2.05, 4.69) is 30.6 Å². The Morgan fingerprint density at radius 3 is 2.00 bits per heavy atom. The fourth-order valence-corrected chi connectivity index (χ4v) is 8.74. The molecule has 0 aliphatic carbocycles. The van der Waals surface area contributed by atoms with Gasteiger partial charge in [0.05, 0.1) is 54.2 Å². The second-order valence-corrected chi connectivity index (χ2v) is 16.4. The predicted octanol–water partition coefficient (Wildman–Crippen LogP) is 5.42. The second kappa shape index (κ2) is 16.4. The number of carbonyl (C=O) groups excluding carboxylic acids is 4. The smallest absolute Gasteiger partial charge is 0.407 e. The monoisotopic (exact) mass is 823 g/mol. The van der Waals surface area contributed by atoms with Gasteiger partial charge in [-0.15, -0.1) is 0 Å². The van der Waals surface area contributed by atoms with E-state index in [1.54, 1.807) is 28.3 Å². The lowest BCUT2D eigenvalue weighted by atomic mass is 10.0. The van der Waals surface area contributed by atoms with Gasteiger partial charge in [-0.2, -0.15) is 0 Å². The summed E-state index contributed by atoms with van der Waals surface area (Å²) in [6, 6.07) is 9.00. The molecular formula is C43H50FN9O7. The summed E-state index contributed by atoms with van der Waals surface area (Å²) in [5.74, 6) is 0.0361. The Hall–Kier alpha value is -6.23. The third kappa shape index (κ3) is 7.35. The van der Waals surface area contributed by atoms with Crippen molar-refractivity contribution in [2.24, 2.45) is 11.8 Å². The van der Waals surface area contributed by atoms with Crippen LogP contribution >= 0.6 is 0 Å². The molecule has 60 heavy (non-hydrogen) atoms. The molecule has 5 N–H and O–H groups in total. The second-order valence-electron chi connectivity index (χ2n) is 16.4. The summed E-state index contributed by atoms with van der Waals surface area (Å²) in [5.41, 5.74) is 4.60. The standard InChI is InChI=1S/C43H50FN9O7/c1-22(2)36(49-34(55)20-54)41(56)51-14-6-8-31(51)39-45-18-28(47-39)24-11-13-30-27(16-24)35(44)38-26-12-10-25(17-33(26)60-21-53(30)38)29-19-46-40(48-29)32-9-7-15-52(32)42(57)37(23(3)4)50-43(58)59-5/h10-13,16-19,22-23,31-32,36-37,54H,6-9,14-15,20-21H2,1-5H3,(H,45,47)(H,46,48)(H,49,55)(H,50,58)/t31-,32-,36-,37-/m0/s1. The van der Waals surface area contributed by atoms with Crippen LogP contribution in [-0.2, 0) is 25.9 Å². The zero-order valence-electron chi connectivity index (χ0n) is 34.3. The largest absolute Gasteiger partial charge is 0.472 e. The van der Waals surface area contributed by atoms with Gasteiger partial charge in [-0.25, -0.2) is 19.2 Å². The number of alkyl carbamates (subject to hydrolysis) is 1. The lowest BCUT2D eigenvalue weighted by Crippen LogP contribution is -2.51. The minimum atomic E-state index is -0.778. The normalized spacial score (nSPS) is 18.4.